The Balaban J connectivity index is 0.000000790. The van der Waals surface area contributed by atoms with Gasteiger partial charge in [0.05, 0.1) is 0 Å². The summed E-state index contributed by atoms with van der Waals surface area (Å²) in [5.41, 5.74) is 11.5. The maximum atomic E-state index is 3.84. The summed E-state index contributed by atoms with van der Waals surface area (Å²) in [7, 11) is 0. The zero-order valence-corrected chi connectivity index (χ0v) is 24.7. The minimum absolute atomic E-state index is 0. The molecule has 0 unspecified atom stereocenters. The number of hydrogen-bond acceptors (Lipinski definition) is 0. The zero-order chi connectivity index (χ0) is 22.3. The van der Waals surface area contributed by atoms with Gasteiger partial charge in [0.1, 0.15) is 0 Å². The first-order valence-corrected chi connectivity index (χ1v) is 12.2. The molecule has 0 saturated carbocycles. The van der Waals surface area contributed by atoms with Crippen molar-refractivity contribution in [3.8, 4) is 11.1 Å². The molecule has 32 heavy (non-hydrogen) atoms. The molecule has 0 spiro atoms. The van der Waals surface area contributed by atoms with Gasteiger partial charge in [-0.2, -0.15) is 0 Å². The molecule has 4 rings (SSSR count). The van der Waals surface area contributed by atoms with E-state index in [-0.39, 0.29) is 35.6 Å². The predicted molar refractivity (Wildman–Crippen MR) is 129 cm³/mol. The summed E-state index contributed by atoms with van der Waals surface area (Å²) in [5, 5.41) is 0. The second-order valence-electron chi connectivity index (χ2n) is 10.8. The van der Waals surface area contributed by atoms with Crippen molar-refractivity contribution < 1.29 is 49.0 Å². The van der Waals surface area contributed by atoms with Crippen LogP contribution >= 0.6 is 0 Å². The third kappa shape index (κ3) is 6.65. The van der Waals surface area contributed by atoms with Gasteiger partial charge in [-0.3, -0.25) is 0 Å². The molecular formula is C29H35Cl2Zr-. The molecule has 2 aliphatic rings. The molecule has 0 saturated heterocycles. The smallest absolute Gasteiger partial charge is 1.00 e. The van der Waals surface area contributed by atoms with Crippen LogP contribution in [0.15, 0.2) is 42.5 Å². The van der Waals surface area contributed by atoms with Crippen LogP contribution in [0.5, 0.6) is 0 Å². The van der Waals surface area contributed by atoms with Crippen LogP contribution in [0.1, 0.15) is 89.6 Å². The van der Waals surface area contributed by atoms with E-state index in [1.165, 1.54) is 47.7 Å². The molecular weight excluding hydrogens is 510 g/mol. The van der Waals surface area contributed by atoms with Crippen molar-refractivity contribution >= 4 is 8.78 Å². The van der Waals surface area contributed by atoms with Crippen LogP contribution in [0.4, 0.5) is 0 Å². The molecule has 0 aliphatic heterocycles. The van der Waals surface area contributed by atoms with Gasteiger partial charge < -0.3 is 24.8 Å². The topological polar surface area (TPSA) is 0 Å². The van der Waals surface area contributed by atoms with Gasteiger partial charge in [-0.15, -0.1) is 40.5 Å². The zero-order valence-electron chi connectivity index (χ0n) is 20.7. The van der Waals surface area contributed by atoms with Gasteiger partial charge in [0.2, 0.25) is 0 Å². The summed E-state index contributed by atoms with van der Waals surface area (Å²) in [6.07, 6.45) is 8.71. The predicted octanol–water partition coefficient (Wildman–Crippen LogP) is 1.75. The van der Waals surface area contributed by atoms with E-state index in [0.29, 0.717) is 0 Å². The minimum atomic E-state index is 0. The maximum Gasteiger partial charge on any atom is -1.00 e. The van der Waals surface area contributed by atoms with Gasteiger partial charge in [-0.1, -0.05) is 83.0 Å². The number of fused-ring (bicyclic) bond motifs is 3. The molecule has 0 heterocycles. The molecule has 0 fully saturated rings. The van der Waals surface area contributed by atoms with E-state index in [0.717, 1.165) is 12.8 Å². The fraction of sp³-hybridized carbons (Fsp3) is 0.414. The third-order valence-electron chi connectivity index (χ3n) is 5.69. The van der Waals surface area contributed by atoms with E-state index in [1.54, 1.807) is 24.2 Å². The molecule has 2 aromatic carbocycles. The van der Waals surface area contributed by atoms with Crippen molar-refractivity contribution in [2.75, 3.05) is 0 Å². The van der Waals surface area contributed by atoms with Crippen LogP contribution in [0.3, 0.4) is 0 Å². The molecule has 0 nitrogen and oxygen atoms in total. The Bertz CT molecular complexity index is 1040. The number of halogens is 2. The second-order valence-corrected chi connectivity index (χ2v) is 13.3. The van der Waals surface area contributed by atoms with Crippen LogP contribution in [0.2, 0.25) is 0 Å². The Morgan fingerprint density at radius 3 is 2.03 bits per heavy atom. The van der Waals surface area contributed by atoms with Crippen molar-refractivity contribution in [3.05, 3.63) is 76.4 Å². The monoisotopic (exact) mass is 543 g/mol. The Morgan fingerprint density at radius 1 is 0.906 bits per heavy atom. The first kappa shape index (κ1) is 29.3. The Morgan fingerprint density at radius 2 is 1.53 bits per heavy atom. The Kier molecular flexibility index (Phi) is 10.2. The van der Waals surface area contributed by atoms with Crippen LogP contribution in [0, 0.1) is 6.07 Å². The van der Waals surface area contributed by atoms with Crippen LogP contribution in [-0.4, -0.2) is 3.21 Å². The summed E-state index contributed by atoms with van der Waals surface area (Å²) in [4.78, 5) is 0. The Hall–Kier alpha value is -0.747. The van der Waals surface area contributed by atoms with E-state index in [9.17, 15) is 0 Å². The SMILES string of the molecule is CC(C)(C)c1ccc2c(c1)-c1cc(C(C)(C)C)c(C3=CC=CC3)[c-]c1C2.C[C](C)=[Zr+2].[Cl-].[Cl-]. The average molecular weight is 546 g/mol. The summed E-state index contributed by atoms with van der Waals surface area (Å²) in [6.45, 7) is 18.1. The summed E-state index contributed by atoms with van der Waals surface area (Å²) in [6, 6.07) is 13.3. The standard InChI is InChI=1S/C26H29.C3H6.2ClH.Zr/c1-25(2,3)20-12-11-18-13-19-14-23(17-9-7-8-10-17)24(26(4,5)6)16-22(19)21(18)15-20;1-3-2;;;/h7-9,11-12,15-16H,10,13H2,1-6H3;1-2H3;2*1H;/q-1;;;;+2/p-2. The molecule has 0 bridgehead atoms. The maximum absolute atomic E-state index is 3.84. The van der Waals surface area contributed by atoms with E-state index < -0.39 is 0 Å². The van der Waals surface area contributed by atoms with Gasteiger partial charge in [-0.25, -0.2) is 0 Å². The first-order valence-electron chi connectivity index (χ1n) is 11.0. The fourth-order valence-electron chi connectivity index (χ4n) is 4.08. The van der Waals surface area contributed by atoms with Gasteiger partial charge in [0, 0.05) is 0 Å². The molecule has 0 aromatic heterocycles. The van der Waals surface area contributed by atoms with Gasteiger partial charge in [0.15, 0.2) is 0 Å². The summed E-state index contributed by atoms with van der Waals surface area (Å²) < 4.78 is 1.51. The fourth-order valence-corrected chi connectivity index (χ4v) is 4.08. The summed E-state index contributed by atoms with van der Waals surface area (Å²) >= 11 is 1.55. The van der Waals surface area contributed by atoms with Crippen LogP contribution < -0.4 is 24.8 Å². The Labute approximate surface area is 223 Å². The molecule has 2 aliphatic carbocycles. The normalized spacial score (nSPS) is 13.8. The second kappa shape index (κ2) is 11.1. The quantitative estimate of drug-likeness (QED) is 0.409. The number of rotatable bonds is 1. The van der Waals surface area contributed by atoms with E-state index in [4.69, 9.17) is 0 Å². The van der Waals surface area contributed by atoms with Crippen LogP contribution in [0.25, 0.3) is 16.7 Å². The van der Waals surface area contributed by atoms with Crippen LogP contribution in [-0.2, 0) is 41.5 Å². The molecule has 0 radical (unpaired) electrons. The van der Waals surface area contributed by atoms with Crippen molar-refractivity contribution in [3.63, 3.8) is 0 Å². The average Bonchev–Trinajstić information content (AvgIpc) is 3.25. The van der Waals surface area contributed by atoms with Crippen molar-refractivity contribution in [1.29, 1.82) is 0 Å². The molecule has 0 atom stereocenters. The van der Waals surface area contributed by atoms with Gasteiger partial charge >= 0.3 is 41.3 Å². The van der Waals surface area contributed by atoms with Gasteiger partial charge in [-0.05, 0) is 34.8 Å². The molecule has 3 heteroatoms. The molecule has 170 valence electrons. The van der Waals surface area contributed by atoms with Crippen molar-refractivity contribution in [2.24, 2.45) is 0 Å². The largest absolute Gasteiger partial charge is 1.00 e. The van der Waals surface area contributed by atoms with Crippen molar-refractivity contribution in [1.82, 2.24) is 0 Å². The van der Waals surface area contributed by atoms with E-state index in [1.807, 2.05) is 0 Å². The molecule has 2 aromatic rings. The number of hydrogen-bond donors (Lipinski definition) is 0. The minimum Gasteiger partial charge on any atom is -1.00 e. The number of allylic oxidation sites excluding steroid dienone is 4. The summed E-state index contributed by atoms with van der Waals surface area (Å²) in [5.74, 6) is 0. The van der Waals surface area contributed by atoms with Gasteiger partial charge in [0.25, 0.3) is 0 Å². The third-order valence-corrected chi connectivity index (χ3v) is 5.69. The molecule has 0 amide bonds. The van der Waals surface area contributed by atoms with E-state index in [2.05, 4.69) is 104 Å². The van der Waals surface area contributed by atoms with E-state index >= 15 is 0 Å². The number of benzene rings is 2. The first-order chi connectivity index (χ1) is 13.9. The molecule has 0 N–H and O–H groups in total. The van der Waals surface area contributed by atoms with Crippen molar-refractivity contribution in [2.45, 2.75) is 79.1 Å².